The Morgan fingerprint density at radius 3 is 2.10 bits per heavy atom. The van der Waals surface area contributed by atoms with Gasteiger partial charge >= 0.3 is 0 Å². The number of nitrogens with one attached hydrogen (secondary N) is 1. The summed E-state index contributed by atoms with van der Waals surface area (Å²) >= 11 is 3.44. The topological polar surface area (TPSA) is 56.8 Å². The van der Waals surface area contributed by atoms with Crippen LogP contribution in [-0.4, -0.2) is 25.7 Å². The maximum Gasteiger partial charge on any atom is 0.262 e. The van der Waals surface area contributed by atoms with E-state index >= 15 is 0 Å². The van der Waals surface area contributed by atoms with Gasteiger partial charge in [0.1, 0.15) is 30.5 Å². The van der Waals surface area contributed by atoms with Crippen molar-refractivity contribution in [2.75, 3.05) is 25.1 Å². The molecule has 1 amide bonds. The molecule has 0 aromatic heterocycles. The van der Waals surface area contributed by atoms with Gasteiger partial charge < -0.3 is 19.5 Å². The average Bonchev–Trinajstić information content (AvgIpc) is 2.74. The van der Waals surface area contributed by atoms with E-state index in [9.17, 15) is 4.79 Å². The fourth-order valence-corrected chi connectivity index (χ4v) is 2.77. The zero-order valence-electron chi connectivity index (χ0n) is 16.1. The molecule has 0 bridgehead atoms. The first-order valence-corrected chi connectivity index (χ1v) is 9.99. The van der Waals surface area contributed by atoms with Gasteiger partial charge in [0.05, 0.1) is 0 Å². The number of carbonyl (C=O) groups excluding carboxylic acids is 1. The van der Waals surface area contributed by atoms with Crippen LogP contribution in [-0.2, 0) is 4.79 Å². The first kappa shape index (κ1) is 20.7. The van der Waals surface area contributed by atoms with Crippen LogP contribution in [0.2, 0.25) is 0 Å². The van der Waals surface area contributed by atoms with Gasteiger partial charge in [-0.2, -0.15) is 0 Å². The number of hydrogen-bond acceptors (Lipinski definition) is 4. The summed E-state index contributed by atoms with van der Waals surface area (Å²) in [6.07, 6.45) is 0. The Morgan fingerprint density at radius 1 is 0.828 bits per heavy atom. The molecule has 0 fully saturated rings. The first-order valence-electron chi connectivity index (χ1n) is 9.20. The zero-order chi connectivity index (χ0) is 20.5. The minimum Gasteiger partial charge on any atom is -0.490 e. The van der Waals surface area contributed by atoms with Gasteiger partial charge in [-0.15, -0.1) is 0 Å². The number of rotatable bonds is 9. The third-order valence-electron chi connectivity index (χ3n) is 4.00. The SMILES string of the molecule is Cc1cc(OCC(=O)Nc2ccc(OCCOc3ccccc3)cc2)ccc1Br. The lowest BCUT2D eigenvalue weighted by atomic mass is 10.2. The normalized spacial score (nSPS) is 10.3. The number of ether oxygens (including phenoxy) is 3. The van der Waals surface area contributed by atoms with Crippen molar-refractivity contribution in [1.29, 1.82) is 0 Å². The Labute approximate surface area is 178 Å². The monoisotopic (exact) mass is 455 g/mol. The predicted octanol–water partition coefficient (Wildman–Crippen LogP) is 5.23. The van der Waals surface area contributed by atoms with Gasteiger partial charge in [0.25, 0.3) is 5.91 Å². The van der Waals surface area contributed by atoms with Crippen LogP contribution in [0.15, 0.2) is 77.3 Å². The highest BCUT2D eigenvalue weighted by Crippen LogP contribution is 2.21. The van der Waals surface area contributed by atoms with Gasteiger partial charge in [-0.25, -0.2) is 0 Å². The van der Waals surface area contributed by atoms with Crippen LogP contribution in [0.25, 0.3) is 0 Å². The smallest absolute Gasteiger partial charge is 0.262 e. The third-order valence-corrected chi connectivity index (χ3v) is 4.89. The molecule has 1 N–H and O–H groups in total. The molecule has 3 aromatic rings. The van der Waals surface area contributed by atoms with Crippen molar-refractivity contribution in [3.05, 3.63) is 82.8 Å². The second kappa shape index (κ2) is 10.5. The third kappa shape index (κ3) is 6.84. The number of para-hydroxylation sites is 1. The van der Waals surface area contributed by atoms with Crippen LogP contribution in [0.3, 0.4) is 0 Å². The Hall–Kier alpha value is -2.99. The summed E-state index contributed by atoms with van der Waals surface area (Å²) in [7, 11) is 0. The van der Waals surface area contributed by atoms with Crippen molar-refractivity contribution < 1.29 is 19.0 Å². The largest absolute Gasteiger partial charge is 0.490 e. The number of benzene rings is 3. The van der Waals surface area contributed by atoms with Crippen molar-refractivity contribution in [1.82, 2.24) is 0 Å². The molecule has 0 radical (unpaired) electrons. The molecular formula is C23H22BrNO4. The van der Waals surface area contributed by atoms with Crippen LogP contribution in [0.5, 0.6) is 17.2 Å². The molecular weight excluding hydrogens is 434 g/mol. The van der Waals surface area contributed by atoms with Gasteiger partial charge in [0, 0.05) is 10.2 Å². The second-order valence-corrected chi connectivity index (χ2v) is 7.14. The second-order valence-electron chi connectivity index (χ2n) is 6.28. The molecule has 0 unspecified atom stereocenters. The van der Waals surface area contributed by atoms with E-state index in [4.69, 9.17) is 14.2 Å². The fraction of sp³-hybridized carbons (Fsp3) is 0.174. The number of anilines is 1. The lowest BCUT2D eigenvalue weighted by Gasteiger charge is -2.10. The molecule has 5 nitrogen and oxygen atoms in total. The maximum absolute atomic E-state index is 12.1. The summed E-state index contributed by atoms with van der Waals surface area (Å²) in [6, 6.07) is 22.4. The average molecular weight is 456 g/mol. The molecule has 0 aliphatic heterocycles. The van der Waals surface area contributed by atoms with E-state index < -0.39 is 0 Å². The number of halogens is 1. The van der Waals surface area contributed by atoms with Crippen LogP contribution in [0.1, 0.15) is 5.56 Å². The van der Waals surface area contributed by atoms with Crippen LogP contribution in [0, 0.1) is 6.92 Å². The molecule has 0 saturated carbocycles. The van der Waals surface area contributed by atoms with E-state index in [1.807, 2.05) is 55.5 Å². The van der Waals surface area contributed by atoms with E-state index in [1.54, 1.807) is 24.3 Å². The van der Waals surface area contributed by atoms with Crippen molar-refractivity contribution >= 4 is 27.5 Å². The van der Waals surface area contributed by atoms with Crippen molar-refractivity contribution in [3.63, 3.8) is 0 Å². The molecule has 0 atom stereocenters. The summed E-state index contributed by atoms with van der Waals surface area (Å²) < 4.78 is 17.8. The number of amides is 1. The Bertz CT molecular complexity index is 929. The van der Waals surface area contributed by atoms with Gasteiger partial charge in [0.2, 0.25) is 0 Å². The molecule has 0 aliphatic rings. The minimum atomic E-state index is -0.226. The van der Waals surface area contributed by atoms with Gasteiger partial charge in [-0.1, -0.05) is 34.1 Å². The van der Waals surface area contributed by atoms with E-state index in [0.717, 1.165) is 15.8 Å². The molecule has 3 aromatic carbocycles. The fourth-order valence-electron chi connectivity index (χ4n) is 2.52. The predicted molar refractivity (Wildman–Crippen MR) is 117 cm³/mol. The van der Waals surface area contributed by atoms with Crippen LogP contribution in [0.4, 0.5) is 5.69 Å². The summed E-state index contributed by atoms with van der Waals surface area (Å²) in [5, 5.41) is 2.80. The summed E-state index contributed by atoms with van der Waals surface area (Å²) in [5.74, 6) is 1.95. The molecule has 3 rings (SSSR count). The van der Waals surface area contributed by atoms with Crippen LogP contribution < -0.4 is 19.5 Å². The zero-order valence-corrected chi connectivity index (χ0v) is 17.6. The Kier molecular flexibility index (Phi) is 7.53. The van der Waals surface area contributed by atoms with E-state index in [0.29, 0.717) is 30.4 Å². The molecule has 150 valence electrons. The van der Waals surface area contributed by atoms with Gasteiger partial charge in [-0.3, -0.25) is 4.79 Å². The highest BCUT2D eigenvalue weighted by Gasteiger charge is 2.05. The van der Waals surface area contributed by atoms with Gasteiger partial charge in [-0.05, 0) is 67.1 Å². The molecule has 29 heavy (non-hydrogen) atoms. The minimum absolute atomic E-state index is 0.0594. The molecule has 6 heteroatoms. The standard InChI is InChI=1S/C23H22BrNO4/c1-17-15-21(11-12-22(17)24)29-16-23(26)25-18-7-9-20(10-8-18)28-14-13-27-19-5-3-2-4-6-19/h2-12,15H,13-14,16H2,1H3,(H,25,26). The molecule has 0 heterocycles. The molecule has 0 spiro atoms. The van der Waals surface area contributed by atoms with E-state index in [2.05, 4.69) is 21.2 Å². The Balaban J connectivity index is 1.39. The highest BCUT2D eigenvalue weighted by atomic mass is 79.9. The van der Waals surface area contributed by atoms with Crippen molar-refractivity contribution in [2.45, 2.75) is 6.92 Å². The number of aryl methyl sites for hydroxylation is 1. The molecule has 0 saturated heterocycles. The Morgan fingerprint density at radius 2 is 1.45 bits per heavy atom. The first-order chi connectivity index (χ1) is 14.1. The van der Waals surface area contributed by atoms with Crippen molar-refractivity contribution in [2.24, 2.45) is 0 Å². The summed E-state index contributed by atoms with van der Waals surface area (Å²) in [4.78, 5) is 12.1. The highest BCUT2D eigenvalue weighted by molar-refractivity contribution is 9.10. The van der Waals surface area contributed by atoms with Crippen molar-refractivity contribution in [3.8, 4) is 17.2 Å². The summed E-state index contributed by atoms with van der Waals surface area (Å²) in [6.45, 7) is 2.79. The summed E-state index contributed by atoms with van der Waals surface area (Å²) in [5.41, 5.74) is 1.73. The van der Waals surface area contributed by atoms with E-state index in [1.165, 1.54) is 0 Å². The quantitative estimate of drug-likeness (QED) is 0.448. The lowest BCUT2D eigenvalue weighted by Crippen LogP contribution is -2.20. The van der Waals surface area contributed by atoms with Gasteiger partial charge in [0.15, 0.2) is 6.61 Å². The number of hydrogen-bond donors (Lipinski definition) is 1. The number of carbonyl (C=O) groups is 1. The maximum atomic E-state index is 12.1. The molecule has 0 aliphatic carbocycles. The van der Waals surface area contributed by atoms with Crippen LogP contribution >= 0.6 is 15.9 Å². The van der Waals surface area contributed by atoms with E-state index in [-0.39, 0.29) is 12.5 Å². The lowest BCUT2D eigenvalue weighted by molar-refractivity contribution is -0.118.